The molecule has 1 saturated heterocycles. The Kier molecular flexibility index (Phi) is 6.63. The molecule has 0 bridgehead atoms. The maximum Gasteiger partial charge on any atom is 0.238 e. The first kappa shape index (κ1) is 21.5. The first-order valence-corrected chi connectivity index (χ1v) is 10.7. The van der Waals surface area contributed by atoms with Crippen LogP contribution in [-0.4, -0.2) is 62.0 Å². The van der Waals surface area contributed by atoms with Crippen molar-refractivity contribution in [2.45, 2.75) is 25.0 Å². The van der Waals surface area contributed by atoms with Gasteiger partial charge in [0.15, 0.2) is 11.5 Å². The summed E-state index contributed by atoms with van der Waals surface area (Å²) in [5.41, 5.74) is 0.673. The Balaban J connectivity index is 1.34. The van der Waals surface area contributed by atoms with E-state index in [0.717, 1.165) is 19.5 Å². The van der Waals surface area contributed by atoms with Crippen molar-refractivity contribution in [3.63, 3.8) is 0 Å². The molecular formula is C24H30N2O5. The maximum atomic E-state index is 12.6. The van der Waals surface area contributed by atoms with Crippen LogP contribution in [0.1, 0.15) is 12.8 Å². The standard InChI is InChI=1S/C24H30N2O5/c1-29-20-8-4-3-7-18(20)25-24(28)15-26-13-16-11-19(27)23(12-17(16)14-26)31-22-10-6-5-9-21(22)30-2/h3-10,16-17,19,23,27H,11-15H2,1-2H3,(H,25,28)/t16-,17+,19+,23+/m0/s1. The minimum atomic E-state index is -0.534. The largest absolute Gasteiger partial charge is 0.495 e. The summed E-state index contributed by atoms with van der Waals surface area (Å²) in [6.07, 6.45) is 0.623. The third kappa shape index (κ3) is 4.94. The molecule has 7 nitrogen and oxygen atoms in total. The van der Waals surface area contributed by atoms with E-state index in [2.05, 4.69) is 10.2 Å². The normalized spacial score (nSPS) is 25.5. The number of carbonyl (C=O) groups is 1. The van der Waals surface area contributed by atoms with Crippen LogP contribution in [0.5, 0.6) is 17.2 Å². The van der Waals surface area contributed by atoms with Gasteiger partial charge in [0, 0.05) is 13.1 Å². The smallest absolute Gasteiger partial charge is 0.238 e. The highest BCUT2D eigenvalue weighted by Crippen LogP contribution is 2.39. The lowest BCUT2D eigenvalue weighted by molar-refractivity contribution is -0.117. The average Bonchev–Trinajstić information content (AvgIpc) is 3.15. The van der Waals surface area contributed by atoms with Crippen molar-refractivity contribution >= 4 is 11.6 Å². The van der Waals surface area contributed by atoms with Gasteiger partial charge in [0.25, 0.3) is 0 Å². The summed E-state index contributed by atoms with van der Waals surface area (Å²) in [5.74, 6) is 2.65. The van der Waals surface area contributed by atoms with Gasteiger partial charge in [0.1, 0.15) is 11.9 Å². The number of amides is 1. The average molecular weight is 427 g/mol. The Morgan fingerprint density at radius 1 is 0.968 bits per heavy atom. The van der Waals surface area contributed by atoms with E-state index >= 15 is 0 Å². The van der Waals surface area contributed by atoms with Gasteiger partial charge in [0.2, 0.25) is 5.91 Å². The number of anilines is 1. The molecule has 0 radical (unpaired) electrons. The summed E-state index contributed by atoms with van der Waals surface area (Å²) in [5, 5.41) is 13.6. The van der Waals surface area contributed by atoms with Crippen molar-refractivity contribution < 1.29 is 24.1 Å². The van der Waals surface area contributed by atoms with E-state index in [-0.39, 0.29) is 12.0 Å². The highest BCUT2D eigenvalue weighted by Gasteiger charge is 2.43. The Labute approximate surface area is 182 Å². The van der Waals surface area contributed by atoms with Crippen LogP contribution in [0.2, 0.25) is 0 Å². The number of para-hydroxylation sites is 4. The molecule has 4 rings (SSSR count). The molecule has 2 aliphatic rings. The predicted molar refractivity (Wildman–Crippen MR) is 118 cm³/mol. The van der Waals surface area contributed by atoms with Gasteiger partial charge in [-0.2, -0.15) is 0 Å². The van der Waals surface area contributed by atoms with Crippen molar-refractivity contribution in [3.05, 3.63) is 48.5 Å². The lowest BCUT2D eigenvalue weighted by atomic mass is 9.78. The van der Waals surface area contributed by atoms with Crippen molar-refractivity contribution in [1.29, 1.82) is 0 Å². The molecule has 4 atom stereocenters. The summed E-state index contributed by atoms with van der Waals surface area (Å²) in [6.45, 7) is 1.95. The quantitative estimate of drug-likeness (QED) is 0.709. The predicted octanol–water partition coefficient (Wildman–Crippen LogP) is 2.79. The minimum Gasteiger partial charge on any atom is -0.495 e. The van der Waals surface area contributed by atoms with Gasteiger partial charge < -0.3 is 24.6 Å². The number of hydrogen-bond acceptors (Lipinski definition) is 6. The molecule has 166 valence electrons. The van der Waals surface area contributed by atoms with E-state index in [1.807, 2.05) is 48.5 Å². The van der Waals surface area contributed by atoms with Gasteiger partial charge in [-0.3, -0.25) is 9.69 Å². The number of likely N-dealkylation sites (tertiary alicyclic amines) is 1. The number of carbonyl (C=O) groups excluding carboxylic acids is 1. The molecule has 31 heavy (non-hydrogen) atoms. The second kappa shape index (κ2) is 9.58. The Bertz CT molecular complexity index is 905. The van der Waals surface area contributed by atoms with Crippen molar-refractivity contribution in [2.75, 3.05) is 39.2 Å². The van der Waals surface area contributed by atoms with Crippen LogP contribution in [0, 0.1) is 11.8 Å². The number of aliphatic hydroxyl groups excluding tert-OH is 1. The molecule has 1 saturated carbocycles. The molecule has 1 amide bonds. The summed E-state index contributed by atoms with van der Waals surface area (Å²) in [4.78, 5) is 14.8. The van der Waals surface area contributed by atoms with Gasteiger partial charge in [-0.05, 0) is 48.9 Å². The zero-order valence-corrected chi connectivity index (χ0v) is 18.0. The monoisotopic (exact) mass is 426 g/mol. The van der Waals surface area contributed by atoms with E-state index < -0.39 is 6.10 Å². The van der Waals surface area contributed by atoms with Crippen LogP contribution in [0.15, 0.2) is 48.5 Å². The number of hydrogen-bond donors (Lipinski definition) is 2. The van der Waals surface area contributed by atoms with E-state index in [1.54, 1.807) is 14.2 Å². The molecule has 2 aromatic rings. The minimum absolute atomic E-state index is 0.0643. The fourth-order valence-electron chi connectivity index (χ4n) is 4.76. The zero-order valence-electron chi connectivity index (χ0n) is 18.0. The van der Waals surface area contributed by atoms with Crippen LogP contribution in [-0.2, 0) is 4.79 Å². The third-order valence-corrected chi connectivity index (χ3v) is 6.26. The van der Waals surface area contributed by atoms with E-state index in [0.29, 0.717) is 47.7 Å². The molecule has 1 heterocycles. The molecule has 0 unspecified atom stereocenters. The fraction of sp³-hybridized carbons (Fsp3) is 0.458. The number of fused-ring (bicyclic) bond motifs is 1. The Morgan fingerprint density at radius 2 is 1.58 bits per heavy atom. The Hall–Kier alpha value is -2.77. The van der Waals surface area contributed by atoms with Crippen LogP contribution in [0.3, 0.4) is 0 Å². The van der Waals surface area contributed by atoms with Gasteiger partial charge in [0.05, 0.1) is 32.6 Å². The summed E-state index contributed by atoms with van der Waals surface area (Å²) in [6, 6.07) is 14.9. The summed E-state index contributed by atoms with van der Waals surface area (Å²) in [7, 11) is 3.20. The molecular weight excluding hydrogens is 396 g/mol. The van der Waals surface area contributed by atoms with Crippen LogP contribution in [0.4, 0.5) is 5.69 Å². The Morgan fingerprint density at radius 3 is 2.29 bits per heavy atom. The zero-order chi connectivity index (χ0) is 21.8. The fourth-order valence-corrected chi connectivity index (χ4v) is 4.76. The molecule has 2 aromatic carbocycles. The van der Waals surface area contributed by atoms with E-state index in [9.17, 15) is 9.90 Å². The molecule has 1 aliphatic carbocycles. The number of methoxy groups -OCH3 is 2. The van der Waals surface area contributed by atoms with Crippen LogP contribution in [0.25, 0.3) is 0 Å². The molecule has 7 heteroatoms. The molecule has 2 N–H and O–H groups in total. The van der Waals surface area contributed by atoms with Crippen molar-refractivity contribution in [2.24, 2.45) is 11.8 Å². The first-order chi connectivity index (χ1) is 15.1. The molecule has 0 aromatic heterocycles. The number of ether oxygens (including phenoxy) is 3. The maximum absolute atomic E-state index is 12.6. The van der Waals surface area contributed by atoms with E-state index in [1.165, 1.54) is 0 Å². The number of benzene rings is 2. The number of rotatable bonds is 7. The van der Waals surface area contributed by atoms with Crippen molar-refractivity contribution in [1.82, 2.24) is 4.90 Å². The summed E-state index contributed by atoms with van der Waals surface area (Å²) >= 11 is 0. The number of aliphatic hydroxyl groups is 1. The SMILES string of the molecule is COc1ccccc1NC(=O)CN1C[C@H]2C[C@@H](Oc3ccccc3OC)[C@H](O)C[C@H]2C1. The van der Waals surface area contributed by atoms with E-state index in [4.69, 9.17) is 14.2 Å². The highest BCUT2D eigenvalue weighted by molar-refractivity contribution is 5.93. The number of nitrogens with one attached hydrogen (secondary N) is 1. The second-order valence-electron chi connectivity index (χ2n) is 8.31. The molecule has 0 spiro atoms. The molecule has 2 fully saturated rings. The third-order valence-electron chi connectivity index (χ3n) is 6.26. The summed E-state index contributed by atoms with van der Waals surface area (Å²) < 4.78 is 16.8. The van der Waals surface area contributed by atoms with Crippen molar-refractivity contribution in [3.8, 4) is 17.2 Å². The second-order valence-corrected chi connectivity index (χ2v) is 8.31. The van der Waals surface area contributed by atoms with Gasteiger partial charge in [-0.25, -0.2) is 0 Å². The van der Waals surface area contributed by atoms with Crippen LogP contribution < -0.4 is 19.5 Å². The first-order valence-electron chi connectivity index (χ1n) is 10.7. The highest BCUT2D eigenvalue weighted by atomic mass is 16.5. The van der Waals surface area contributed by atoms with Gasteiger partial charge in [-0.1, -0.05) is 24.3 Å². The number of nitrogens with zero attached hydrogens (tertiary/aromatic N) is 1. The van der Waals surface area contributed by atoms with Gasteiger partial charge >= 0.3 is 0 Å². The van der Waals surface area contributed by atoms with Crippen LogP contribution >= 0.6 is 0 Å². The molecule has 1 aliphatic heterocycles. The van der Waals surface area contributed by atoms with Gasteiger partial charge in [-0.15, -0.1) is 0 Å². The lowest BCUT2D eigenvalue weighted by Gasteiger charge is -2.35. The lowest BCUT2D eigenvalue weighted by Crippen LogP contribution is -2.42. The topological polar surface area (TPSA) is 80.3 Å².